The summed E-state index contributed by atoms with van der Waals surface area (Å²) >= 11 is 0. The summed E-state index contributed by atoms with van der Waals surface area (Å²) in [4.78, 5) is 19.7. The molecule has 2 aromatic heterocycles. The Morgan fingerprint density at radius 3 is 2.35 bits per heavy atom. The van der Waals surface area contributed by atoms with Gasteiger partial charge >= 0.3 is 5.97 Å². The van der Waals surface area contributed by atoms with Gasteiger partial charge in [0.05, 0.1) is 28.2 Å². The van der Waals surface area contributed by atoms with Crippen LogP contribution in [0.25, 0.3) is 39.5 Å². The van der Waals surface area contributed by atoms with Crippen LogP contribution >= 0.6 is 0 Å². The number of aromatic nitrogens is 3. The van der Waals surface area contributed by atoms with Gasteiger partial charge in [0, 0.05) is 41.4 Å². The average Bonchev–Trinajstić information content (AvgIpc) is 3.36. The van der Waals surface area contributed by atoms with Crippen molar-refractivity contribution >= 4 is 28.5 Å². The number of fused-ring (bicyclic) bond motifs is 2. The van der Waals surface area contributed by atoms with Crippen LogP contribution in [0.4, 0.5) is 0 Å². The Hall–Kier alpha value is -4.55. The molecule has 0 amide bonds. The number of hydrogen-bond acceptors (Lipinski definition) is 4. The largest absolute Gasteiger partial charge is 0.478 e. The zero-order chi connectivity index (χ0) is 25.4. The van der Waals surface area contributed by atoms with E-state index in [0.717, 1.165) is 45.9 Å². The van der Waals surface area contributed by atoms with E-state index in [1.165, 1.54) is 0 Å². The lowest BCUT2D eigenvalue weighted by Crippen LogP contribution is -2.31. The first-order valence-corrected chi connectivity index (χ1v) is 12.4. The van der Waals surface area contributed by atoms with Crippen molar-refractivity contribution in [2.45, 2.75) is 13.5 Å². The fourth-order valence-electron chi connectivity index (χ4n) is 5.06. The summed E-state index contributed by atoms with van der Waals surface area (Å²) in [5.41, 5.74) is 7.36. The standard InChI is InChI=1S/C31H26N4O2/c1-2-34-18-22(30-26(20-34)28(31(36)37)25-15-9-10-16-27(25)32-30)17-23-19-35(24-13-7-4-8-14-24)33-29(23)21-11-5-3-6-12-21/h3-17,19H,2,18,20H2,1H3,(H,36,37)/b22-17+. The molecule has 1 aliphatic heterocycles. The molecular weight excluding hydrogens is 460 g/mol. The number of carboxylic acid groups (broad SMARTS) is 1. The summed E-state index contributed by atoms with van der Waals surface area (Å²) in [7, 11) is 0. The highest BCUT2D eigenvalue weighted by Crippen LogP contribution is 2.35. The van der Waals surface area contributed by atoms with Crippen molar-refractivity contribution in [2.75, 3.05) is 13.1 Å². The maximum absolute atomic E-state index is 12.5. The fourth-order valence-corrected chi connectivity index (χ4v) is 5.06. The van der Waals surface area contributed by atoms with E-state index in [-0.39, 0.29) is 0 Å². The van der Waals surface area contributed by atoms with Gasteiger partial charge in [-0.15, -0.1) is 0 Å². The fraction of sp³-hybridized carbons (Fsp3) is 0.129. The predicted octanol–water partition coefficient (Wildman–Crippen LogP) is 6.16. The first-order chi connectivity index (χ1) is 18.1. The molecule has 6 heteroatoms. The monoisotopic (exact) mass is 486 g/mol. The number of pyridine rings is 1. The molecule has 3 aromatic carbocycles. The Labute approximate surface area is 215 Å². The van der Waals surface area contributed by atoms with Gasteiger partial charge in [-0.25, -0.2) is 14.5 Å². The van der Waals surface area contributed by atoms with E-state index < -0.39 is 5.97 Å². The molecule has 6 rings (SSSR count). The molecule has 0 atom stereocenters. The highest BCUT2D eigenvalue weighted by molar-refractivity contribution is 6.06. The minimum Gasteiger partial charge on any atom is -0.478 e. The summed E-state index contributed by atoms with van der Waals surface area (Å²) in [6.07, 6.45) is 4.16. The second-order valence-electron chi connectivity index (χ2n) is 9.19. The van der Waals surface area contributed by atoms with Crippen molar-refractivity contribution in [1.82, 2.24) is 19.7 Å². The summed E-state index contributed by atoms with van der Waals surface area (Å²) in [6, 6.07) is 27.7. The van der Waals surface area contributed by atoms with Gasteiger partial charge in [-0.05, 0) is 36.4 Å². The Kier molecular flexibility index (Phi) is 5.87. The second-order valence-corrected chi connectivity index (χ2v) is 9.19. The van der Waals surface area contributed by atoms with Crippen LogP contribution in [0.2, 0.25) is 0 Å². The number of hydrogen-bond donors (Lipinski definition) is 1. The summed E-state index contributed by atoms with van der Waals surface area (Å²) in [6.45, 7) is 4.13. The first-order valence-electron chi connectivity index (χ1n) is 12.4. The predicted molar refractivity (Wildman–Crippen MR) is 147 cm³/mol. The minimum atomic E-state index is -0.922. The molecule has 6 nitrogen and oxygen atoms in total. The van der Waals surface area contributed by atoms with Gasteiger partial charge in [0.2, 0.25) is 0 Å². The van der Waals surface area contributed by atoms with Gasteiger partial charge in [-0.3, -0.25) is 4.90 Å². The van der Waals surface area contributed by atoms with Crippen LogP contribution in [0, 0.1) is 0 Å². The van der Waals surface area contributed by atoms with E-state index in [1.807, 2.05) is 83.7 Å². The lowest BCUT2D eigenvalue weighted by Gasteiger charge is -2.30. The Morgan fingerprint density at radius 1 is 0.919 bits per heavy atom. The Morgan fingerprint density at radius 2 is 1.62 bits per heavy atom. The topological polar surface area (TPSA) is 71.2 Å². The number of aromatic carboxylic acids is 1. The molecule has 0 spiro atoms. The third-order valence-corrected chi connectivity index (χ3v) is 6.87. The average molecular weight is 487 g/mol. The molecule has 0 radical (unpaired) electrons. The van der Waals surface area contributed by atoms with Crippen molar-refractivity contribution in [2.24, 2.45) is 0 Å². The normalized spacial score (nSPS) is 14.7. The maximum atomic E-state index is 12.5. The summed E-state index contributed by atoms with van der Waals surface area (Å²) < 4.78 is 1.90. The SMILES string of the molecule is CCN1C/C(=C\c2cn(-c3ccccc3)nc2-c2ccccc2)c2nc3ccccc3c(C(=O)O)c2C1. The highest BCUT2D eigenvalue weighted by Gasteiger charge is 2.28. The number of carboxylic acids is 1. The van der Waals surface area contributed by atoms with Crippen LogP contribution in [0.1, 0.15) is 34.1 Å². The second kappa shape index (κ2) is 9.48. The number of para-hydroxylation sites is 2. The molecular formula is C31H26N4O2. The maximum Gasteiger partial charge on any atom is 0.336 e. The van der Waals surface area contributed by atoms with E-state index in [2.05, 4.69) is 30.0 Å². The zero-order valence-electron chi connectivity index (χ0n) is 20.5. The number of rotatable bonds is 5. The smallest absolute Gasteiger partial charge is 0.336 e. The van der Waals surface area contributed by atoms with E-state index >= 15 is 0 Å². The molecule has 37 heavy (non-hydrogen) atoms. The van der Waals surface area contributed by atoms with Crippen LogP contribution in [0.5, 0.6) is 0 Å². The molecule has 0 unspecified atom stereocenters. The Balaban J connectivity index is 1.59. The number of nitrogens with zero attached hydrogens (tertiary/aromatic N) is 4. The van der Waals surface area contributed by atoms with Crippen molar-refractivity contribution < 1.29 is 9.90 Å². The van der Waals surface area contributed by atoms with E-state index in [9.17, 15) is 9.90 Å². The molecule has 1 N–H and O–H groups in total. The first kappa shape index (κ1) is 22.9. The molecule has 0 saturated carbocycles. The minimum absolute atomic E-state index is 0.341. The molecule has 1 aliphatic rings. The van der Waals surface area contributed by atoms with Crippen molar-refractivity contribution in [3.63, 3.8) is 0 Å². The van der Waals surface area contributed by atoms with Crippen molar-refractivity contribution in [3.8, 4) is 16.9 Å². The van der Waals surface area contributed by atoms with E-state index in [0.29, 0.717) is 29.6 Å². The summed E-state index contributed by atoms with van der Waals surface area (Å²) in [5.74, 6) is -0.922. The molecule has 0 aliphatic carbocycles. The van der Waals surface area contributed by atoms with Gasteiger partial charge in [0.25, 0.3) is 0 Å². The van der Waals surface area contributed by atoms with Crippen molar-refractivity contribution in [3.05, 3.63) is 114 Å². The molecule has 0 fully saturated rings. The van der Waals surface area contributed by atoms with Crippen LogP contribution in [0.15, 0.2) is 91.1 Å². The molecule has 5 aromatic rings. The van der Waals surface area contributed by atoms with Gasteiger partial charge in [-0.1, -0.05) is 73.7 Å². The highest BCUT2D eigenvalue weighted by atomic mass is 16.4. The van der Waals surface area contributed by atoms with Crippen LogP contribution in [-0.2, 0) is 6.54 Å². The quantitative estimate of drug-likeness (QED) is 0.322. The van der Waals surface area contributed by atoms with Gasteiger partial charge in [0.1, 0.15) is 0 Å². The zero-order valence-corrected chi connectivity index (χ0v) is 20.5. The van der Waals surface area contributed by atoms with Gasteiger partial charge in [-0.2, -0.15) is 5.10 Å². The molecule has 182 valence electrons. The number of benzene rings is 3. The third-order valence-electron chi connectivity index (χ3n) is 6.87. The van der Waals surface area contributed by atoms with Crippen LogP contribution < -0.4 is 0 Å². The molecule has 0 saturated heterocycles. The van der Waals surface area contributed by atoms with Gasteiger partial charge < -0.3 is 5.11 Å². The summed E-state index contributed by atoms with van der Waals surface area (Å²) in [5, 5.41) is 15.8. The molecule has 0 bridgehead atoms. The van der Waals surface area contributed by atoms with E-state index in [1.54, 1.807) is 0 Å². The van der Waals surface area contributed by atoms with Crippen LogP contribution in [0.3, 0.4) is 0 Å². The number of likely N-dealkylation sites (N-methyl/N-ethyl adjacent to an activating group) is 1. The third kappa shape index (κ3) is 4.21. The van der Waals surface area contributed by atoms with Crippen molar-refractivity contribution in [1.29, 1.82) is 0 Å². The van der Waals surface area contributed by atoms with E-state index in [4.69, 9.17) is 10.1 Å². The lowest BCUT2D eigenvalue weighted by molar-refractivity contribution is 0.0696. The Bertz CT molecular complexity index is 1640. The van der Waals surface area contributed by atoms with Crippen LogP contribution in [-0.4, -0.2) is 43.8 Å². The molecule has 3 heterocycles. The van der Waals surface area contributed by atoms with Gasteiger partial charge in [0.15, 0.2) is 0 Å². The number of carbonyl (C=O) groups is 1. The lowest BCUT2D eigenvalue weighted by atomic mass is 9.92.